The summed E-state index contributed by atoms with van der Waals surface area (Å²) in [6.45, 7) is 4.36. The van der Waals surface area contributed by atoms with Crippen molar-refractivity contribution in [3.8, 4) is 0 Å². The minimum absolute atomic E-state index is 0.0161. The van der Waals surface area contributed by atoms with Gasteiger partial charge in [0.25, 0.3) is 0 Å². The second-order valence-corrected chi connectivity index (χ2v) is 8.96. The predicted octanol–water partition coefficient (Wildman–Crippen LogP) is 2.52. The maximum atomic E-state index is 12.7. The van der Waals surface area contributed by atoms with Crippen LogP contribution in [0.2, 0.25) is 12.1 Å². The van der Waals surface area contributed by atoms with Crippen molar-refractivity contribution >= 4 is 23.8 Å². The predicted molar refractivity (Wildman–Crippen MR) is 51.6 cm³/mol. The molecule has 0 aliphatic carbocycles. The van der Waals surface area contributed by atoms with Crippen molar-refractivity contribution in [2.45, 2.75) is 38.7 Å². The Kier molecular flexibility index (Phi) is 4.38. The Balaban J connectivity index is 5.29. The Bertz CT molecular complexity index is 228. The van der Waals surface area contributed by atoms with Crippen molar-refractivity contribution in [1.29, 1.82) is 0 Å². The lowest BCUT2D eigenvalue weighted by Crippen LogP contribution is -2.55. The quantitative estimate of drug-likeness (QED) is 0.538. The van der Waals surface area contributed by atoms with Gasteiger partial charge in [0.05, 0.1) is 11.3 Å². The van der Waals surface area contributed by atoms with Gasteiger partial charge in [0.2, 0.25) is 8.07 Å². The van der Waals surface area contributed by atoms with Crippen LogP contribution in [0.3, 0.4) is 0 Å². The molecule has 0 N–H and O–H groups in total. The zero-order chi connectivity index (χ0) is 10.7. The van der Waals surface area contributed by atoms with E-state index in [2.05, 4.69) is 0 Å². The van der Waals surface area contributed by atoms with Crippen LogP contribution in [0.25, 0.3) is 0 Å². The van der Waals surface area contributed by atoms with Gasteiger partial charge in [-0.2, -0.15) is 13.2 Å². The van der Waals surface area contributed by atoms with Gasteiger partial charge in [-0.15, -0.1) is 0 Å². The summed E-state index contributed by atoms with van der Waals surface area (Å²) < 4.78 is 48.6. The van der Waals surface area contributed by atoms with Crippen molar-refractivity contribution in [3.05, 3.63) is 0 Å². The molecule has 0 aromatic heterocycles. The molecule has 0 unspecified atom stereocenters. The van der Waals surface area contributed by atoms with Gasteiger partial charge in [-0.3, -0.25) is 0 Å². The fourth-order valence-electron chi connectivity index (χ4n) is 1.43. The highest BCUT2D eigenvalue weighted by atomic mass is 32.1. The monoisotopic (exact) mass is 230 g/mol. The Hall–Kier alpha value is -0.103. The summed E-state index contributed by atoms with van der Waals surface area (Å²) in [6, 6.07) is 0.127. The lowest BCUT2D eigenvalue weighted by Gasteiger charge is -2.30. The van der Waals surface area contributed by atoms with E-state index in [1.807, 2.05) is 0 Å². The summed E-state index contributed by atoms with van der Waals surface area (Å²) in [5.41, 5.74) is 0. The molecule has 0 heterocycles. The van der Waals surface area contributed by atoms with Crippen LogP contribution < -0.4 is 0 Å². The number of alkyl halides is 3. The van der Waals surface area contributed by atoms with Gasteiger partial charge in [-0.05, 0) is 19.0 Å². The van der Waals surface area contributed by atoms with Crippen LogP contribution >= 0.6 is 0 Å². The van der Waals surface area contributed by atoms with Gasteiger partial charge in [0, 0.05) is 4.49 Å². The first-order valence-corrected chi connectivity index (χ1v) is 7.21. The number of rotatable bonds is 3. The summed E-state index contributed by atoms with van der Waals surface area (Å²) in [6.07, 6.45) is 0. The van der Waals surface area contributed by atoms with Crippen LogP contribution in [0.4, 0.5) is 13.2 Å². The number of hydrogen-bond donors (Lipinski definition) is 0. The van der Waals surface area contributed by atoms with Crippen molar-refractivity contribution in [2.75, 3.05) is 0 Å². The van der Waals surface area contributed by atoms with Crippen molar-refractivity contribution in [3.63, 3.8) is 0 Å². The molecule has 6 heteroatoms. The van der Waals surface area contributed by atoms with Gasteiger partial charge in [0.15, 0.2) is 0 Å². The molecule has 0 atom stereocenters. The molecular formula is C7H13F3OSSi. The molecule has 0 fully saturated rings. The third-order valence-electron chi connectivity index (χ3n) is 2.55. The Morgan fingerprint density at radius 1 is 1.31 bits per heavy atom. The van der Waals surface area contributed by atoms with Crippen LogP contribution in [0, 0.1) is 0 Å². The molecule has 0 saturated carbocycles. The summed E-state index contributed by atoms with van der Waals surface area (Å²) in [5, 5.41) is 0. The maximum absolute atomic E-state index is 12.7. The molecule has 0 amide bonds. The second-order valence-electron chi connectivity index (χ2n) is 2.93. The van der Waals surface area contributed by atoms with E-state index in [1.54, 1.807) is 0 Å². The lowest BCUT2D eigenvalue weighted by molar-refractivity contribution is -0.0548. The zero-order valence-corrected chi connectivity index (χ0v) is 9.68. The van der Waals surface area contributed by atoms with Crippen LogP contribution in [0.15, 0.2) is 0 Å². The van der Waals surface area contributed by atoms with Gasteiger partial charge >= 0.3 is 5.80 Å². The molecule has 0 rings (SSSR count). The van der Waals surface area contributed by atoms with Crippen LogP contribution in [0.5, 0.6) is 0 Å². The Labute approximate surface area is 80.4 Å². The smallest absolute Gasteiger partial charge is 0.213 e. The maximum Gasteiger partial charge on any atom is 0.366 e. The minimum Gasteiger partial charge on any atom is -0.213 e. The van der Waals surface area contributed by atoms with Gasteiger partial charge in [-0.1, -0.05) is 13.8 Å². The fourth-order valence-corrected chi connectivity index (χ4v) is 5.98. The zero-order valence-electron chi connectivity index (χ0n) is 7.86. The summed E-state index contributed by atoms with van der Waals surface area (Å²) in [7, 11) is -3.48. The molecule has 0 aliphatic heterocycles. The molecular weight excluding hydrogens is 217 g/mol. The first-order valence-electron chi connectivity index (χ1n) is 4.06. The van der Waals surface area contributed by atoms with Crippen LogP contribution in [-0.2, 0) is 11.3 Å². The Morgan fingerprint density at radius 3 is 1.77 bits per heavy atom. The normalized spacial score (nSPS) is 12.8. The SMILES string of the molecule is CC[Si](CC)(C(C)=S=O)C(F)(F)F. The first kappa shape index (κ1) is 12.9. The second kappa shape index (κ2) is 4.41. The highest BCUT2D eigenvalue weighted by molar-refractivity contribution is 7.72. The molecule has 0 spiro atoms. The molecule has 0 aromatic carbocycles. The van der Waals surface area contributed by atoms with Crippen LogP contribution in [-0.4, -0.2) is 22.6 Å². The van der Waals surface area contributed by atoms with Crippen molar-refractivity contribution in [2.24, 2.45) is 0 Å². The van der Waals surface area contributed by atoms with E-state index < -0.39 is 13.9 Å². The topological polar surface area (TPSA) is 17.1 Å². The van der Waals surface area contributed by atoms with E-state index in [0.29, 0.717) is 0 Å². The standard InChI is InChI=1S/C7H13F3OSSi/c1-4-13(5-2,6(3)12-11)7(8,9)10/h4-5H2,1-3H3. The third-order valence-corrected chi connectivity index (χ3v) is 9.07. The van der Waals surface area contributed by atoms with E-state index in [4.69, 9.17) is 0 Å². The van der Waals surface area contributed by atoms with Crippen LogP contribution in [0.1, 0.15) is 20.8 Å². The number of halogens is 3. The molecule has 0 aromatic rings. The van der Waals surface area contributed by atoms with Crippen molar-refractivity contribution < 1.29 is 17.4 Å². The summed E-state index contributed by atoms with van der Waals surface area (Å²) in [4.78, 5) is 0. The van der Waals surface area contributed by atoms with E-state index in [0.717, 1.165) is 0 Å². The van der Waals surface area contributed by atoms with E-state index in [9.17, 15) is 17.4 Å². The molecule has 0 aliphatic rings. The molecule has 78 valence electrons. The molecule has 1 nitrogen and oxygen atoms in total. The Morgan fingerprint density at radius 2 is 1.69 bits per heavy atom. The van der Waals surface area contributed by atoms with Gasteiger partial charge in [-0.25, -0.2) is 4.21 Å². The summed E-state index contributed by atoms with van der Waals surface area (Å²) in [5.74, 6) is -4.18. The van der Waals surface area contributed by atoms with E-state index in [1.165, 1.54) is 20.8 Å². The van der Waals surface area contributed by atoms with E-state index >= 15 is 0 Å². The average Bonchev–Trinajstić information content (AvgIpc) is 2.04. The fraction of sp³-hybridized carbons (Fsp3) is 0.857. The molecule has 0 saturated heterocycles. The highest BCUT2D eigenvalue weighted by Crippen LogP contribution is 2.35. The minimum atomic E-state index is -4.18. The highest BCUT2D eigenvalue weighted by Gasteiger charge is 2.56. The van der Waals surface area contributed by atoms with E-state index in [-0.39, 0.29) is 27.8 Å². The molecule has 0 bridgehead atoms. The van der Waals surface area contributed by atoms with Gasteiger partial charge in [0.1, 0.15) is 0 Å². The third kappa shape index (κ3) is 2.22. The first-order chi connectivity index (χ1) is 5.85. The summed E-state index contributed by atoms with van der Waals surface area (Å²) >= 11 is 0.0161. The largest absolute Gasteiger partial charge is 0.366 e. The molecule has 13 heavy (non-hydrogen) atoms. The average molecular weight is 230 g/mol. The lowest BCUT2D eigenvalue weighted by atomic mass is 10.9. The van der Waals surface area contributed by atoms with Crippen molar-refractivity contribution in [1.82, 2.24) is 0 Å². The van der Waals surface area contributed by atoms with Gasteiger partial charge < -0.3 is 0 Å². The number of hydrogen-bond acceptors (Lipinski definition) is 1. The molecule has 0 radical (unpaired) electrons.